The van der Waals surface area contributed by atoms with Gasteiger partial charge in [0.1, 0.15) is 5.71 Å². The summed E-state index contributed by atoms with van der Waals surface area (Å²) in [6, 6.07) is -0.582. The fraction of sp³-hybridized carbons (Fsp3) is 0.800. The first-order valence-corrected chi connectivity index (χ1v) is 10.2. The molecule has 3 aliphatic rings. The lowest BCUT2D eigenvalue weighted by atomic mass is 10.1. The second-order valence-electron chi connectivity index (χ2n) is 6.66. The van der Waals surface area contributed by atoms with Crippen LogP contribution in [-0.2, 0) is 24.2 Å². The van der Waals surface area contributed by atoms with Crippen molar-refractivity contribution in [2.75, 3.05) is 18.1 Å². The summed E-state index contributed by atoms with van der Waals surface area (Å²) >= 11 is 0. The van der Waals surface area contributed by atoms with E-state index in [1.807, 2.05) is 6.92 Å². The van der Waals surface area contributed by atoms with Crippen LogP contribution in [0.2, 0.25) is 0 Å². The smallest absolute Gasteiger partial charge is 0.267 e. The molecule has 3 aliphatic heterocycles. The summed E-state index contributed by atoms with van der Waals surface area (Å²) in [7, 11) is -3.12. The zero-order chi connectivity index (χ0) is 17.3. The van der Waals surface area contributed by atoms with E-state index in [1.165, 1.54) is 5.01 Å². The van der Waals surface area contributed by atoms with Gasteiger partial charge in [-0.05, 0) is 26.2 Å². The molecule has 0 radical (unpaired) electrons. The van der Waals surface area contributed by atoms with Gasteiger partial charge >= 0.3 is 0 Å². The molecule has 0 unspecified atom stereocenters. The number of amides is 2. The lowest BCUT2D eigenvalue weighted by Gasteiger charge is -2.28. The highest BCUT2D eigenvalue weighted by Gasteiger charge is 2.37. The molecule has 2 amide bonds. The van der Waals surface area contributed by atoms with Gasteiger partial charge in [0.25, 0.3) is 5.91 Å². The highest BCUT2D eigenvalue weighted by atomic mass is 32.2. The average molecular weight is 357 g/mol. The summed E-state index contributed by atoms with van der Waals surface area (Å²) in [6.45, 7) is 2.61. The van der Waals surface area contributed by atoms with Gasteiger partial charge in [-0.1, -0.05) is 0 Å². The third-order valence-electron chi connectivity index (χ3n) is 4.76. The van der Waals surface area contributed by atoms with Crippen LogP contribution in [0, 0.1) is 0 Å². The van der Waals surface area contributed by atoms with E-state index in [4.69, 9.17) is 4.74 Å². The van der Waals surface area contributed by atoms with Gasteiger partial charge in [0.05, 0.1) is 29.7 Å². The maximum Gasteiger partial charge on any atom is 0.267 e. The van der Waals surface area contributed by atoms with Crippen molar-refractivity contribution in [1.82, 2.24) is 10.3 Å². The van der Waals surface area contributed by atoms with Crippen molar-refractivity contribution in [2.45, 2.75) is 57.2 Å². The van der Waals surface area contributed by atoms with Crippen molar-refractivity contribution < 1.29 is 22.7 Å². The Morgan fingerprint density at radius 1 is 1.38 bits per heavy atom. The van der Waals surface area contributed by atoms with Crippen LogP contribution in [0.5, 0.6) is 0 Å². The number of sulfone groups is 1. The number of carbonyl (C=O) groups is 2. The Balaban J connectivity index is 1.67. The summed E-state index contributed by atoms with van der Waals surface area (Å²) in [5.74, 6) is -0.546. The van der Waals surface area contributed by atoms with Gasteiger partial charge in [-0.2, -0.15) is 5.10 Å². The Hall–Kier alpha value is -1.48. The van der Waals surface area contributed by atoms with E-state index in [1.54, 1.807) is 0 Å². The molecule has 134 valence electrons. The van der Waals surface area contributed by atoms with Crippen LogP contribution in [0.25, 0.3) is 0 Å². The van der Waals surface area contributed by atoms with E-state index < -0.39 is 15.9 Å². The predicted octanol–water partition coefficient (Wildman–Crippen LogP) is -0.164. The third kappa shape index (κ3) is 3.77. The van der Waals surface area contributed by atoms with E-state index in [-0.39, 0.29) is 54.0 Å². The van der Waals surface area contributed by atoms with Crippen molar-refractivity contribution in [3.8, 4) is 0 Å². The Kier molecular flexibility index (Phi) is 4.91. The molecule has 3 rings (SSSR count). The summed E-state index contributed by atoms with van der Waals surface area (Å²) in [6.07, 6.45) is 2.74. The zero-order valence-electron chi connectivity index (χ0n) is 13.7. The summed E-state index contributed by atoms with van der Waals surface area (Å²) in [5.41, 5.74) is 0.281. The molecule has 0 aromatic carbocycles. The van der Waals surface area contributed by atoms with Crippen molar-refractivity contribution in [2.24, 2.45) is 5.10 Å². The molecule has 0 aromatic rings. The SMILES string of the molecule is C[C@H](NC(=O)C1=NN([C@@H]2CCS(=O)(=O)C2)C(=O)CC1)[C@@H]1CCCO1. The fourth-order valence-corrected chi connectivity index (χ4v) is 5.06. The van der Waals surface area contributed by atoms with Crippen molar-refractivity contribution >= 4 is 27.4 Å². The van der Waals surface area contributed by atoms with Crippen LogP contribution >= 0.6 is 0 Å². The van der Waals surface area contributed by atoms with Crippen LogP contribution in [-0.4, -0.2) is 67.3 Å². The Bertz CT molecular complexity index is 654. The number of ether oxygens (including phenoxy) is 1. The summed E-state index contributed by atoms with van der Waals surface area (Å²) < 4.78 is 28.8. The highest BCUT2D eigenvalue weighted by molar-refractivity contribution is 7.91. The average Bonchev–Trinajstić information content (AvgIpc) is 3.17. The molecule has 0 spiro atoms. The lowest BCUT2D eigenvalue weighted by molar-refractivity contribution is -0.133. The molecule has 0 saturated carbocycles. The number of rotatable bonds is 4. The molecular formula is C15H23N3O5S. The molecule has 0 aromatic heterocycles. The van der Waals surface area contributed by atoms with Crippen LogP contribution in [0.15, 0.2) is 5.10 Å². The van der Waals surface area contributed by atoms with Crippen LogP contribution in [0.1, 0.15) is 39.0 Å². The predicted molar refractivity (Wildman–Crippen MR) is 87.2 cm³/mol. The quantitative estimate of drug-likeness (QED) is 0.752. The Labute approximate surface area is 141 Å². The van der Waals surface area contributed by atoms with Gasteiger partial charge < -0.3 is 10.1 Å². The van der Waals surface area contributed by atoms with E-state index in [0.29, 0.717) is 13.0 Å². The number of nitrogens with zero attached hydrogens (tertiary/aromatic N) is 2. The standard InChI is InChI=1S/C15H23N3O5S/c1-10(13-3-2-7-23-13)16-15(20)12-4-5-14(19)18(17-12)11-6-8-24(21,22)9-11/h10-11,13H,2-9H2,1H3,(H,16,20)/t10-,11+,13-/m0/s1. The lowest BCUT2D eigenvalue weighted by Crippen LogP contribution is -2.47. The molecule has 2 fully saturated rings. The van der Waals surface area contributed by atoms with Gasteiger partial charge in [-0.25, -0.2) is 13.4 Å². The minimum atomic E-state index is -3.12. The number of hydrogen-bond donors (Lipinski definition) is 1. The minimum Gasteiger partial charge on any atom is -0.376 e. The first-order chi connectivity index (χ1) is 11.4. The van der Waals surface area contributed by atoms with Gasteiger partial charge in [0.2, 0.25) is 5.91 Å². The maximum atomic E-state index is 12.4. The molecule has 8 nitrogen and oxygen atoms in total. The van der Waals surface area contributed by atoms with Gasteiger partial charge in [0.15, 0.2) is 9.84 Å². The number of nitrogens with one attached hydrogen (secondary N) is 1. The third-order valence-corrected chi connectivity index (χ3v) is 6.51. The normalized spacial score (nSPS) is 31.0. The van der Waals surface area contributed by atoms with Crippen LogP contribution < -0.4 is 5.32 Å². The largest absolute Gasteiger partial charge is 0.376 e. The number of hydrogen-bond acceptors (Lipinski definition) is 6. The maximum absolute atomic E-state index is 12.4. The van der Waals surface area contributed by atoms with E-state index in [2.05, 4.69) is 10.4 Å². The monoisotopic (exact) mass is 357 g/mol. The van der Waals surface area contributed by atoms with Crippen molar-refractivity contribution in [1.29, 1.82) is 0 Å². The van der Waals surface area contributed by atoms with Crippen LogP contribution in [0.3, 0.4) is 0 Å². The first kappa shape index (κ1) is 17.3. The molecule has 3 atom stereocenters. The van der Waals surface area contributed by atoms with Gasteiger partial charge in [0, 0.05) is 19.4 Å². The van der Waals surface area contributed by atoms with Crippen LogP contribution in [0.4, 0.5) is 0 Å². The highest BCUT2D eigenvalue weighted by Crippen LogP contribution is 2.22. The molecular weight excluding hydrogens is 334 g/mol. The second-order valence-corrected chi connectivity index (χ2v) is 8.88. The molecule has 24 heavy (non-hydrogen) atoms. The van der Waals surface area contributed by atoms with E-state index >= 15 is 0 Å². The zero-order valence-corrected chi connectivity index (χ0v) is 14.5. The molecule has 1 N–H and O–H groups in total. The van der Waals surface area contributed by atoms with Crippen molar-refractivity contribution in [3.05, 3.63) is 0 Å². The Morgan fingerprint density at radius 2 is 2.17 bits per heavy atom. The molecule has 9 heteroatoms. The number of hydrazone groups is 1. The Morgan fingerprint density at radius 3 is 2.79 bits per heavy atom. The van der Waals surface area contributed by atoms with E-state index in [0.717, 1.165) is 12.8 Å². The molecule has 3 heterocycles. The fourth-order valence-electron chi connectivity index (χ4n) is 3.37. The van der Waals surface area contributed by atoms with Gasteiger partial charge in [-0.15, -0.1) is 0 Å². The molecule has 0 aliphatic carbocycles. The van der Waals surface area contributed by atoms with E-state index in [9.17, 15) is 18.0 Å². The molecule has 0 bridgehead atoms. The topological polar surface area (TPSA) is 105 Å². The first-order valence-electron chi connectivity index (χ1n) is 8.38. The number of carbonyl (C=O) groups excluding carboxylic acids is 2. The van der Waals surface area contributed by atoms with Gasteiger partial charge in [-0.3, -0.25) is 9.59 Å². The van der Waals surface area contributed by atoms with Crippen molar-refractivity contribution in [3.63, 3.8) is 0 Å². The summed E-state index contributed by atoms with van der Waals surface area (Å²) in [5, 5.41) is 8.26. The minimum absolute atomic E-state index is 0.0100. The second kappa shape index (κ2) is 6.79. The molecule has 2 saturated heterocycles. The summed E-state index contributed by atoms with van der Waals surface area (Å²) in [4.78, 5) is 24.5.